The minimum absolute atomic E-state index is 0.128. The molecule has 0 heterocycles. The van der Waals surface area contributed by atoms with E-state index in [1.54, 1.807) is 0 Å². The van der Waals surface area contributed by atoms with Gasteiger partial charge in [0.2, 0.25) is 0 Å². The molecule has 0 saturated heterocycles. The van der Waals surface area contributed by atoms with Crippen molar-refractivity contribution in [1.82, 2.24) is 5.32 Å². The Morgan fingerprint density at radius 1 is 1.54 bits per heavy atom. The first kappa shape index (κ1) is 10.2. The normalized spacial score (nSPS) is 19.2. The average molecular weight is 185 g/mol. The van der Waals surface area contributed by atoms with E-state index in [-0.39, 0.29) is 12.1 Å². The Balaban J connectivity index is 2.13. The molecule has 0 atom stereocenters. The van der Waals surface area contributed by atoms with Gasteiger partial charge in [-0.3, -0.25) is 0 Å². The molecule has 0 aliphatic heterocycles. The van der Waals surface area contributed by atoms with Crippen LogP contribution in [0.25, 0.3) is 0 Å². The SMILES string of the molecule is C=C(CNCC1(O)CCC1)C(=O)O. The Morgan fingerprint density at radius 2 is 2.15 bits per heavy atom. The van der Waals surface area contributed by atoms with Gasteiger partial charge < -0.3 is 15.5 Å². The Hall–Kier alpha value is -0.870. The van der Waals surface area contributed by atoms with Crippen LogP contribution >= 0.6 is 0 Å². The number of hydrogen-bond acceptors (Lipinski definition) is 3. The lowest BCUT2D eigenvalue weighted by atomic mass is 9.80. The van der Waals surface area contributed by atoms with E-state index in [4.69, 9.17) is 5.11 Å². The number of aliphatic hydroxyl groups is 1. The summed E-state index contributed by atoms with van der Waals surface area (Å²) in [6.45, 7) is 4.07. The molecule has 0 aromatic rings. The second-order valence-corrected chi connectivity index (χ2v) is 3.59. The third-order valence-electron chi connectivity index (χ3n) is 2.38. The monoisotopic (exact) mass is 185 g/mol. The van der Waals surface area contributed by atoms with Crippen molar-refractivity contribution in [2.45, 2.75) is 24.9 Å². The minimum Gasteiger partial charge on any atom is -0.478 e. The third-order valence-corrected chi connectivity index (χ3v) is 2.38. The second-order valence-electron chi connectivity index (χ2n) is 3.59. The number of hydrogen-bond donors (Lipinski definition) is 3. The molecule has 13 heavy (non-hydrogen) atoms. The highest BCUT2D eigenvalue weighted by molar-refractivity contribution is 5.86. The van der Waals surface area contributed by atoms with E-state index in [0.717, 1.165) is 19.3 Å². The molecule has 0 radical (unpaired) electrons. The number of carbonyl (C=O) groups is 1. The van der Waals surface area contributed by atoms with Crippen molar-refractivity contribution in [2.24, 2.45) is 0 Å². The molecule has 0 aromatic heterocycles. The van der Waals surface area contributed by atoms with Crippen LogP contribution in [0.5, 0.6) is 0 Å². The maximum Gasteiger partial charge on any atom is 0.332 e. The summed E-state index contributed by atoms with van der Waals surface area (Å²) in [6.07, 6.45) is 2.66. The zero-order valence-corrected chi connectivity index (χ0v) is 7.55. The van der Waals surface area contributed by atoms with Crippen molar-refractivity contribution < 1.29 is 15.0 Å². The topological polar surface area (TPSA) is 69.6 Å². The highest BCUT2D eigenvalue weighted by atomic mass is 16.4. The van der Waals surface area contributed by atoms with Crippen LogP contribution in [0.15, 0.2) is 12.2 Å². The summed E-state index contributed by atoms with van der Waals surface area (Å²) in [5.41, 5.74) is -0.471. The quantitative estimate of drug-likeness (QED) is 0.532. The Bertz CT molecular complexity index is 221. The number of aliphatic carboxylic acids is 1. The van der Waals surface area contributed by atoms with Crippen LogP contribution in [-0.4, -0.2) is 34.9 Å². The molecule has 3 N–H and O–H groups in total. The van der Waals surface area contributed by atoms with Gasteiger partial charge in [0.25, 0.3) is 0 Å². The summed E-state index contributed by atoms with van der Waals surface area (Å²) in [5.74, 6) is -0.993. The van der Waals surface area contributed by atoms with Crippen LogP contribution in [0, 0.1) is 0 Å². The van der Waals surface area contributed by atoms with Gasteiger partial charge in [-0.2, -0.15) is 0 Å². The van der Waals surface area contributed by atoms with Crippen LogP contribution in [0.2, 0.25) is 0 Å². The van der Waals surface area contributed by atoms with Crippen molar-refractivity contribution in [1.29, 1.82) is 0 Å². The second kappa shape index (κ2) is 3.89. The number of nitrogens with one attached hydrogen (secondary N) is 1. The van der Waals surface area contributed by atoms with Crippen molar-refractivity contribution in [2.75, 3.05) is 13.1 Å². The molecule has 0 aromatic carbocycles. The molecule has 1 aliphatic rings. The van der Waals surface area contributed by atoms with E-state index in [9.17, 15) is 9.90 Å². The lowest BCUT2D eigenvalue weighted by Crippen LogP contribution is -2.46. The van der Waals surface area contributed by atoms with Crippen LogP contribution in [0.4, 0.5) is 0 Å². The van der Waals surface area contributed by atoms with E-state index < -0.39 is 11.6 Å². The number of rotatable bonds is 5. The first-order valence-corrected chi connectivity index (χ1v) is 4.38. The number of carboxylic acid groups (broad SMARTS) is 1. The minimum atomic E-state index is -0.993. The van der Waals surface area contributed by atoms with Gasteiger partial charge >= 0.3 is 5.97 Å². The van der Waals surface area contributed by atoms with Gasteiger partial charge in [-0.15, -0.1) is 0 Å². The predicted octanol–water partition coefficient (Wildman–Crippen LogP) is 0.132. The first-order valence-electron chi connectivity index (χ1n) is 4.38. The molecule has 0 spiro atoms. The van der Waals surface area contributed by atoms with Gasteiger partial charge in [0.05, 0.1) is 5.60 Å². The van der Waals surface area contributed by atoms with E-state index >= 15 is 0 Å². The molecular formula is C9H15NO3. The van der Waals surface area contributed by atoms with Crippen LogP contribution in [0.3, 0.4) is 0 Å². The van der Waals surface area contributed by atoms with Gasteiger partial charge in [-0.05, 0) is 19.3 Å². The van der Waals surface area contributed by atoms with Crippen LogP contribution in [0.1, 0.15) is 19.3 Å². The molecular weight excluding hydrogens is 170 g/mol. The molecule has 0 unspecified atom stereocenters. The Morgan fingerprint density at radius 3 is 2.54 bits per heavy atom. The van der Waals surface area contributed by atoms with Gasteiger partial charge in [0, 0.05) is 18.7 Å². The molecule has 74 valence electrons. The fraction of sp³-hybridized carbons (Fsp3) is 0.667. The lowest BCUT2D eigenvalue weighted by Gasteiger charge is -2.36. The molecule has 4 heteroatoms. The smallest absolute Gasteiger partial charge is 0.332 e. The maximum absolute atomic E-state index is 10.3. The number of carboxylic acids is 1. The fourth-order valence-electron chi connectivity index (χ4n) is 1.28. The van der Waals surface area contributed by atoms with Crippen molar-refractivity contribution in [3.05, 3.63) is 12.2 Å². The van der Waals surface area contributed by atoms with Crippen molar-refractivity contribution in [3.63, 3.8) is 0 Å². The molecule has 0 bridgehead atoms. The lowest BCUT2D eigenvalue weighted by molar-refractivity contribution is -0.132. The molecule has 4 nitrogen and oxygen atoms in total. The maximum atomic E-state index is 10.3. The third kappa shape index (κ3) is 2.82. The van der Waals surface area contributed by atoms with E-state index in [1.165, 1.54) is 0 Å². The van der Waals surface area contributed by atoms with Crippen LogP contribution < -0.4 is 5.32 Å². The van der Waals surface area contributed by atoms with Gasteiger partial charge in [-0.1, -0.05) is 6.58 Å². The Kier molecular flexibility index (Phi) is 3.06. The molecule has 1 saturated carbocycles. The Labute approximate surface area is 77.3 Å². The average Bonchev–Trinajstić information content (AvgIpc) is 2.01. The van der Waals surface area contributed by atoms with Crippen LogP contribution in [-0.2, 0) is 4.79 Å². The van der Waals surface area contributed by atoms with Gasteiger partial charge in [-0.25, -0.2) is 4.79 Å². The molecule has 1 fully saturated rings. The fourth-order valence-corrected chi connectivity index (χ4v) is 1.28. The predicted molar refractivity (Wildman–Crippen MR) is 48.4 cm³/mol. The largest absolute Gasteiger partial charge is 0.478 e. The summed E-state index contributed by atoms with van der Waals surface area (Å²) < 4.78 is 0. The highest BCUT2D eigenvalue weighted by Gasteiger charge is 2.33. The molecule has 0 amide bonds. The first-order chi connectivity index (χ1) is 6.03. The zero-order valence-electron chi connectivity index (χ0n) is 7.55. The summed E-state index contributed by atoms with van der Waals surface area (Å²) in [7, 11) is 0. The van der Waals surface area contributed by atoms with Gasteiger partial charge in [0.15, 0.2) is 0 Å². The van der Waals surface area contributed by atoms with Crippen molar-refractivity contribution in [3.8, 4) is 0 Å². The zero-order chi connectivity index (χ0) is 9.90. The summed E-state index contributed by atoms with van der Waals surface area (Å²) in [4.78, 5) is 10.3. The van der Waals surface area contributed by atoms with E-state index in [1.807, 2.05) is 0 Å². The van der Waals surface area contributed by atoms with Gasteiger partial charge in [0.1, 0.15) is 0 Å². The van der Waals surface area contributed by atoms with E-state index in [2.05, 4.69) is 11.9 Å². The van der Waals surface area contributed by atoms with E-state index in [0.29, 0.717) is 6.54 Å². The molecule has 1 aliphatic carbocycles. The summed E-state index contributed by atoms with van der Waals surface area (Å²) in [5, 5.41) is 21.0. The summed E-state index contributed by atoms with van der Waals surface area (Å²) in [6, 6.07) is 0. The standard InChI is InChI=1S/C9H15NO3/c1-7(8(11)12)5-10-6-9(13)3-2-4-9/h10,13H,1-6H2,(H,11,12). The summed E-state index contributed by atoms with van der Waals surface area (Å²) >= 11 is 0. The van der Waals surface area contributed by atoms with Crippen molar-refractivity contribution >= 4 is 5.97 Å². The highest BCUT2D eigenvalue weighted by Crippen LogP contribution is 2.30. The molecule has 1 rings (SSSR count).